The Labute approximate surface area is 241 Å². The van der Waals surface area contributed by atoms with Gasteiger partial charge in [0.25, 0.3) is 11.5 Å². The highest BCUT2D eigenvalue weighted by molar-refractivity contribution is 7.08. The van der Waals surface area contributed by atoms with Gasteiger partial charge in [0.1, 0.15) is 5.52 Å². The number of hydrogen-bond donors (Lipinski definition) is 2. The lowest BCUT2D eigenvalue weighted by Crippen LogP contribution is -2.43. The van der Waals surface area contributed by atoms with Crippen LogP contribution in [-0.4, -0.2) is 58.1 Å². The molecule has 0 atom stereocenters. The van der Waals surface area contributed by atoms with E-state index >= 15 is 0 Å². The SMILES string of the molecule is CN1CCC(NC(=O)c2ccc(Nc3ncc4c(n3)c(-c3ccsc3)c(OCC3CC3)c(=O)n4C)c(Cl)c2)CC1. The predicted octanol–water partition coefficient (Wildman–Crippen LogP) is 5.07. The molecule has 40 heavy (non-hydrogen) atoms. The molecule has 1 aliphatic carbocycles. The second-order valence-electron chi connectivity index (χ2n) is 10.6. The number of carbonyl (C=O) groups excluding carboxylic acids is 1. The third-order valence-electron chi connectivity index (χ3n) is 7.60. The number of amides is 1. The Morgan fingerprint density at radius 3 is 2.67 bits per heavy atom. The van der Waals surface area contributed by atoms with Crippen molar-refractivity contribution in [3.63, 3.8) is 0 Å². The molecular weight excluding hydrogens is 548 g/mol. The Hall–Kier alpha value is -3.47. The van der Waals surface area contributed by atoms with Gasteiger partial charge in [-0.05, 0) is 92.3 Å². The van der Waals surface area contributed by atoms with Crippen molar-refractivity contribution in [2.45, 2.75) is 31.7 Å². The molecule has 1 saturated carbocycles. The van der Waals surface area contributed by atoms with Crippen LogP contribution in [0.15, 0.2) is 46.0 Å². The Morgan fingerprint density at radius 2 is 1.98 bits per heavy atom. The van der Waals surface area contributed by atoms with Crippen LogP contribution in [0.5, 0.6) is 5.75 Å². The number of aromatic nitrogens is 3. The van der Waals surface area contributed by atoms with E-state index in [1.54, 1.807) is 42.8 Å². The van der Waals surface area contributed by atoms with Gasteiger partial charge in [-0.3, -0.25) is 9.59 Å². The fraction of sp³-hybridized carbons (Fsp3) is 0.379. The number of halogens is 1. The summed E-state index contributed by atoms with van der Waals surface area (Å²) in [6.45, 7) is 2.45. The van der Waals surface area contributed by atoms with Crippen LogP contribution in [0.4, 0.5) is 11.6 Å². The van der Waals surface area contributed by atoms with Crippen molar-refractivity contribution in [1.29, 1.82) is 0 Å². The highest BCUT2D eigenvalue weighted by Gasteiger charge is 2.26. The zero-order valence-electron chi connectivity index (χ0n) is 22.4. The van der Waals surface area contributed by atoms with E-state index < -0.39 is 0 Å². The number of nitrogens with zero attached hydrogens (tertiary/aromatic N) is 4. The average molecular weight is 579 g/mol. The minimum atomic E-state index is -0.212. The van der Waals surface area contributed by atoms with Crippen molar-refractivity contribution in [1.82, 2.24) is 24.8 Å². The molecule has 4 aromatic rings. The normalized spacial score (nSPS) is 16.3. The molecule has 2 aliphatic rings. The Bertz CT molecular complexity index is 1610. The van der Waals surface area contributed by atoms with E-state index in [0.717, 1.165) is 44.3 Å². The Kier molecular flexibility index (Phi) is 7.48. The van der Waals surface area contributed by atoms with Crippen LogP contribution in [0, 0.1) is 5.92 Å². The first kappa shape index (κ1) is 26.7. The number of likely N-dealkylation sites (tertiary alicyclic amines) is 1. The number of rotatable bonds is 8. The van der Waals surface area contributed by atoms with E-state index in [4.69, 9.17) is 21.3 Å². The highest BCUT2D eigenvalue weighted by Crippen LogP contribution is 2.37. The molecule has 3 aromatic heterocycles. The first-order valence-electron chi connectivity index (χ1n) is 13.5. The number of carbonyl (C=O) groups is 1. The molecule has 1 aliphatic heterocycles. The van der Waals surface area contributed by atoms with Gasteiger partial charge in [0.05, 0.1) is 34.6 Å². The summed E-state index contributed by atoms with van der Waals surface area (Å²) in [6.07, 6.45) is 5.74. The van der Waals surface area contributed by atoms with Gasteiger partial charge in [-0.15, -0.1) is 0 Å². The number of pyridine rings is 1. The molecule has 0 unspecified atom stereocenters. The van der Waals surface area contributed by atoms with Crippen molar-refractivity contribution in [2.75, 3.05) is 32.1 Å². The van der Waals surface area contributed by atoms with E-state index in [-0.39, 0.29) is 17.5 Å². The molecule has 4 heterocycles. The molecule has 208 valence electrons. The Morgan fingerprint density at radius 1 is 1.18 bits per heavy atom. The Balaban J connectivity index is 1.29. The van der Waals surface area contributed by atoms with E-state index in [9.17, 15) is 9.59 Å². The fourth-order valence-corrected chi connectivity index (χ4v) is 5.81. The number of thiophene rings is 1. The van der Waals surface area contributed by atoms with Crippen molar-refractivity contribution < 1.29 is 9.53 Å². The lowest BCUT2D eigenvalue weighted by molar-refractivity contribution is 0.0917. The van der Waals surface area contributed by atoms with Crippen LogP contribution in [-0.2, 0) is 7.05 Å². The monoisotopic (exact) mass is 578 g/mol. The number of aryl methyl sites for hydroxylation is 1. The van der Waals surface area contributed by atoms with E-state index in [2.05, 4.69) is 27.6 Å². The molecular formula is C29H31ClN6O3S. The third kappa shape index (κ3) is 5.56. The molecule has 0 radical (unpaired) electrons. The second-order valence-corrected chi connectivity index (χ2v) is 11.8. The van der Waals surface area contributed by atoms with E-state index in [0.29, 0.717) is 57.1 Å². The number of hydrogen-bond acceptors (Lipinski definition) is 8. The van der Waals surface area contributed by atoms with Gasteiger partial charge in [-0.2, -0.15) is 11.3 Å². The summed E-state index contributed by atoms with van der Waals surface area (Å²) in [5.41, 5.74) is 3.61. The van der Waals surface area contributed by atoms with Crippen molar-refractivity contribution in [3.05, 3.63) is 62.2 Å². The molecule has 1 aromatic carbocycles. The zero-order valence-corrected chi connectivity index (χ0v) is 24.0. The number of fused-ring (bicyclic) bond motifs is 1. The largest absolute Gasteiger partial charge is 0.487 e. The topological polar surface area (TPSA) is 101 Å². The summed E-state index contributed by atoms with van der Waals surface area (Å²) < 4.78 is 7.64. The van der Waals surface area contributed by atoms with Gasteiger partial charge in [0.2, 0.25) is 5.95 Å². The van der Waals surface area contributed by atoms with E-state index in [1.165, 1.54) is 4.57 Å². The standard InChI is InChI=1S/C29H31ClN6O3S/c1-35-10-7-20(8-11-35)32-27(37)18-5-6-22(21(30)13-18)33-29-31-14-23-25(34-29)24(19-9-12-40-16-19)26(28(38)36(23)2)39-15-17-3-4-17/h5-6,9,12-14,16-17,20H,3-4,7-8,10-11,15H2,1-2H3,(H,32,37)(H,31,33,34). The van der Waals surface area contributed by atoms with Gasteiger partial charge in [-0.25, -0.2) is 9.97 Å². The number of benzene rings is 1. The van der Waals surface area contributed by atoms with Crippen LogP contribution >= 0.6 is 22.9 Å². The molecule has 11 heteroatoms. The van der Waals surface area contributed by atoms with Gasteiger partial charge in [-0.1, -0.05) is 11.6 Å². The predicted molar refractivity (Wildman–Crippen MR) is 159 cm³/mol. The second kappa shape index (κ2) is 11.2. The number of piperidine rings is 1. The van der Waals surface area contributed by atoms with Crippen LogP contribution < -0.4 is 20.9 Å². The zero-order chi connectivity index (χ0) is 27.8. The quantitative estimate of drug-likeness (QED) is 0.301. The summed E-state index contributed by atoms with van der Waals surface area (Å²) in [4.78, 5) is 37.7. The molecule has 0 spiro atoms. The third-order valence-corrected chi connectivity index (χ3v) is 8.59. The van der Waals surface area contributed by atoms with Gasteiger partial charge < -0.3 is 24.8 Å². The number of anilines is 2. The van der Waals surface area contributed by atoms with Gasteiger partial charge in [0.15, 0.2) is 5.75 Å². The minimum Gasteiger partial charge on any atom is -0.487 e. The molecule has 2 N–H and O–H groups in total. The molecule has 2 fully saturated rings. The average Bonchev–Trinajstić information content (AvgIpc) is 3.63. The molecule has 0 bridgehead atoms. The van der Waals surface area contributed by atoms with Gasteiger partial charge >= 0.3 is 0 Å². The summed E-state index contributed by atoms with van der Waals surface area (Å²) >= 11 is 8.14. The van der Waals surface area contributed by atoms with Crippen LogP contribution in [0.1, 0.15) is 36.0 Å². The smallest absolute Gasteiger partial charge is 0.293 e. The maximum atomic E-state index is 13.3. The van der Waals surface area contributed by atoms with Gasteiger partial charge in [0, 0.05) is 18.7 Å². The van der Waals surface area contributed by atoms with E-state index in [1.807, 2.05) is 16.8 Å². The van der Waals surface area contributed by atoms with Crippen LogP contribution in [0.3, 0.4) is 0 Å². The van der Waals surface area contributed by atoms with Crippen molar-refractivity contribution >= 4 is 51.5 Å². The maximum Gasteiger partial charge on any atom is 0.293 e. The first-order chi connectivity index (χ1) is 19.4. The first-order valence-corrected chi connectivity index (χ1v) is 14.8. The number of ether oxygens (including phenoxy) is 1. The molecule has 1 saturated heterocycles. The summed E-state index contributed by atoms with van der Waals surface area (Å²) in [6, 6.07) is 7.27. The lowest BCUT2D eigenvalue weighted by atomic mass is 10.0. The molecule has 6 rings (SSSR count). The number of nitrogens with one attached hydrogen (secondary N) is 2. The van der Waals surface area contributed by atoms with Crippen LogP contribution in [0.25, 0.3) is 22.2 Å². The molecule has 1 amide bonds. The summed E-state index contributed by atoms with van der Waals surface area (Å²) in [7, 11) is 3.80. The van der Waals surface area contributed by atoms with Crippen molar-refractivity contribution in [3.8, 4) is 16.9 Å². The summed E-state index contributed by atoms with van der Waals surface area (Å²) in [5, 5.41) is 10.6. The molecule has 9 nitrogen and oxygen atoms in total. The van der Waals surface area contributed by atoms with Crippen molar-refractivity contribution in [2.24, 2.45) is 13.0 Å². The minimum absolute atomic E-state index is 0.134. The lowest BCUT2D eigenvalue weighted by Gasteiger charge is -2.29. The fourth-order valence-electron chi connectivity index (χ4n) is 4.94. The highest BCUT2D eigenvalue weighted by atomic mass is 35.5. The maximum absolute atomic E-state index is 13.3. The summed E-state index contributed by atoms with van der Waals surface area (Å²) in [5.74, 6) is 0.990. The van der Waals surface area contributed by atoms with Crippen LogP contribution in [0.2, 0.25) is 5.02 Å².